The number of amides is 2. The Labute approximate surface area is 114 Å². The van der Waals surface area contributed by atoms with Crippen LogP contribution in [0.1, 0.15) is 31.3 Å². The Morgan fingerprint density at radius 1 is 1.32 bits per heavy atom. The average Bonchev–Trinajstić information content (AvgIpc) is 2.19. The zero-order chi connectivity index (χ0) is 14.8. The van der Waals surface area contributed by atoms with Gasteiger partial charge in [0.15, 0.2) is 22.5 Å². The third-order valence-electron chi connectivity index (χ3n) is 1.73. The normalized spacial score (nSPS) is 10.9. The lowest BCUT2D eigenvalue weighted by Crippen LogP contribution is -2.28. The van der Waals surface area contributed by atoms with Gasteiger partial charge < -0.3 is 16.2 Å². The fourth-order valence-corrected chi connectivity index (χ4v) is 1.26. The minimum absolute atomic E-state index is 0.113. The first kappa shape index (κ1) is 15.0. The molecule has 0 atom stereocenters. The standard InChI is InChI=1S/C10H14ClN5O3/c1-10(2,3)19-9(18)16-8-5(11)14-4(7(13)17)6(12)15-8/h1-3H3,(H2,13,17)(H3,12,15,16,18). The van der Waals surface area contributed by atoms with Crippen LogP contribution in [0.15, 0.2) is 0 Å². The van der Waals surface area contributed by atoms with Crippen LogP contribution in [0.4, 0.5) is 16.4 Å². The summed E-state index contributed by atoms with van der Waals surface area (Å²) in [7, 11) is 0. The van der Waals surface area contributed by atoms with E-state index in [9.17, 15) is 9.59 Å². The molecule has 104 valence electrons. The molecule has 0 aliphatic carbocycles. The second-order valence-corrected chi connectivity index (χ2v) is 4.95. The molecule has 0 saturated heterocycles. The van der Waals surface area contributed by atoms with Gasteiger partial charge in [0.25, 0.3) is 5.91 Å². The fourth-order valence-electron chi connectivity index (χ4n) is 1.09. The molecule has 0 fully saturated rings. The zero-order valence-electron chi connectivity index (χ0n) is 10.7. The van der Waals surface area contributed by atoms with Gasteiger partial charge in [-0.1, -0.05) is 11.6 Å². The van der Waals surface area contributed by atoms with Crippen molar-refractivity contribution in [3.8, 4) is 0 Å². The number of rotatable bonds is 2. The summed E-state index contributed by atoms with van der Waals surface area (Å²) in [6.45, 7) is 5.10. The van der Waals surface area contributed by atoms with E-state index in [4.69, 9.17) is 27.8 Å². The second-order valence-electron chi connectivity index (χ2n) is 4.59. The smallest absolute Gasteiger partial charge is 0.413 e. The maximum Gasteiger partial charge on any atom is 0.413 e. The SMILES string of the molecule is CC(C)(C)OC(=O)Nc1nc(N)c(C(N)=O)nc1Cl. The van der Waals surface area contributed by atoms with Gasteiger partial charge in [0.05, 0.1) is 0 Å². The van der Waals surface area contributed by atoms with Gasteiger partial charge in [-0.05, 0) is 20.8 Å². The highest BCUT2D eigenvalue weighted by molar-refractivity contribution is 6.32. The Bertz CT molecular complexity index is 527. The molecular weight excluding hydrogens is 274 g/mol. The van der Waals surface area contributed by atoms with E-state index in [1.54, 1.807) is 20.8 Å². The van der Waals surface area contributed by atoms with Crippen molar-refractivity contribution in [2.75, 3.05) is 11.1 Å². The third kappa shape index (κ3) is 4.25. The number of nitrogens with one attached hydrogen (secondary N) is 1. The summed E-state index contributed by atoms with van der Waals surface area (Å²) in [6.07, 6.45) is -0.769. The molecule has 0 aliphatic heterocycles. The fraction of sp³-hybridized carbons (Fsp3) is 0.400. The largest absolute Gasteiger partial charge is 0.444 e. The zero-order valence-corrected chi connectivity index (χ0v) is 11.4. The van der Waals surface area contributed by atoms with Crippen LogP contribution in [-0.2, 0) is 4.74 Å². The van der Waals surface area contributed by atoms with Gasteiger partial charge in [-0.25, -0.2) is 14.8 Å². The predicted octanol–water partition coefficient (Wildman–Crippen LogP) is 1.16. The molecule has 1 aromatic heterocycles. The van der Waals surface area contributed by atoms with Crippen molar-refractivity contribution in [2.45, 2.75) is 26.4 Å². The number of primary amides is 1. The molecule has 0 aliphatic rings. The monoisotopic (exact) mass is 287 g/mol. The number of ether oxygens (including phenoxy) is 1. The summed E-state index contributed by atoms with van der Waals surface area (Å²) < 4.78 is 5.01. The van der Waals surface area contributed by atoms with E-state index in [0.717, 1.165) is 0 Å². The van der Waals surface area contributed by atoms with E-state index in [1.165, 1.54) is 0 Å². The molecule has 1 aromatic rings. The molecular formula is C10H14ClN5O3. The molecule has 2 amide bonds. The van der Waals surface area contributed by atoms with Gasteiger partial charge in [0.2, 0.25) is 0 Å². The summed E-state index contributed by atoms with van der Waals surface area (Å²) in [4.78, 5) is 29.9. The van der Waals surface area contributed by atoms with Crippen LogP contribution >= 0.6 is 11.6 Å². The van der Waals surface area contributed by atoms with Crippen molar-refractivity contribution in [3.63, 3.8) is 0 Å². The topological polar surface area (TPSA) is 133 Å². The molecule has 0 spiro atoms. The number of hydrogen-bond acceptors (Lipinski definition) is 6. The molecule has 0 radical (unpaired) electrons. The maximum absolute atomic E-state index is 11.5. The summed E-state index contributed by atoms with van der Waals surface area (Å²) in [5.41, 5.74) is 9.55. The van der Waals surface area contributed by atoms with Crippen LogP contribution in [0.3, 0.4) is 0 Å². The summed E-state index contributed by atoms with van der Waals surface area (Å²) in [6, 6.07) is 0. The molecule has 0 aromatic carbocycles. The van der Waals surface area contributed by atoms with Gasteiger partial charge in [0, 0.05) is 0 Å². The summed E-state index contributed by atoms with van der Waals surface area (Å²) in [5, 5.41) is 2.06. The highest BCUT2D eigenvalue weighted by atomic mass is 35.5. The lowest BCUT2D eigenvalue weighted by atomic mass is 10.2. The van der Waals surface area contributed by atoms with Gasteiger partial charge in [-0.3, -0.25) is 10.1 Å². The predicted molar refractivity (Wildman–Crippen MR) is 69.8 cm³/mol. The molecule has 9 heteroatoms. The molecule has 19 heavy (non-hydrogen) atoms. The first-order chi connectivity index (χ1) is 8.60. The van der Waals surface area contributed by atoms with Crippen LogP contribution in [0.25, 0.3) is 0 Å². The molecule has 5 N–H and O–H groups in total. The number of anilines is 2. The van der Waals surface area contributed by atoms with Crippen molar-refractivity contribution in [1.29, 1.82) is 0 Å². The number of hydrogen-bond donors (Lipinski definition) is 3. The number of nitrogens with zero attached hydrogens (tertiary/aromatic N) is 2. The van der Waals surface area contributed by atoms with Crippen LogP contribution < -0.4 is 16.8 Å². The van der Waals surface area contributed by atoms with Crippen molar-refractivity contribution in [2.24, 2.45) is 5.73 Å². The molecule has 0 bridgehead atoms. The van der Waals surface area contributed by atoms with Crippen LogP contribution in [0, 0.1) is 0 Å². The van der Waals surface area contributed by atoms with E-state index in [1.807, 2.05) is 0 Å². The molecule has 0 saturated carbocycles. The van der Waals surface area contributed by atoms with Crippen molar-refractivity contribution in [1.82, 2.24) is 9.97 Å². The Morgan fingerprint density at radius 3 is 2.37 bits per heavy atom. The van der Waals surface area contributed by atoms with E-state index in [0.29, 0.717) is 0 Å². The van der Waals surface area contributed by atoms with E-state index in [2.05, 4.69) is 15.3 Å². The van der Waals surface area contributed by atoms with E-state index < -0.39 is 17.6 Å². The van der Waals surface area contributed by atoms with Crippen LogP contribution in [0.2, 0.25) is 5.15 Å². The van der Waals surface area contributed by atoms with Crippen molar-refractivity contribution in [3.05, 3.63) is 10.8 Å². The molecule has 0 unspecified atom stereocenters. The average molecular weight is 288 g/mol. The van der Waals surface area contributed by atoms with Gasteiger partial charge >= 0.3 is 6.09 Å². The van der Waals surface area contributed by atoms with Crippen LogP contribution in [0.5, 0.6) is 0 Å². The number of nitrogens with two attached hydrogens (primary N) is 2. The van der Waals surface area contributed by atoms with Gasteiger partial charge in [0.1, 0.15) is 5.60 Å². The number of carbonyl (C=O) groups excluding carboxylic acids is 2. The number of halogens is 1. The van der Waals surface area contributed by atoms with Crippen molar-refractivity contribution < 1.29 is 14.3 Å². The Kier molecular flexibility index (Phi) is 4.15. The Hall–Kier alpha value is -2.09. The van der Waals surface area contributed by atoms with Gasteiger partial charge in [-0.15, -0.1) is 0 Å². The van der Waals surface area contributed by atoms with E-state index in [-0.39, 0.29) is 22.5 Å². The highest BCUT2D eigenvalue weighted by Gasteiger charge is 2.20. The minimum atomic E-state index is -0.865. The van der Waals surface area contributed by atoms with Crippen molar-refractivity contribution >= 4 is 35.2 Å². The lowest BCUT2D eigenvalue weighted by Gasteiger charge is -2.19. The Morgan fingerprint density at radius 2 is 1.89 bits per heavy atom. The minimum Gasteiger partial charge on any atom is -0.444 e. The first-order valence-corrected chi connectivity index (χ1v) is 5.61. The molecule has 8 nitrogen and oxygen atoms in total. The van der Waals surface area contributed by atoms with Gasteiger partial charge in [-0.2, -0.15) is 0 Å². The maximum atomic E-state index is 11.5. The second kappa shape index (κ2) is 5.27. The number of nitrogen functional groups attached to an aromatic ring is 1. The number of carbonyl (C=O) groups is 2. The lowest BCUT2D eigenvalue weighted by molar-refractivity contribution is 0.0635. The highest BCUT2D eigenvalue weighted by Crippen LogP contribution is 2.21. The first-order valence-electron chi connectivity index (χ1n) is 5.23. The quantitative estimate of drug-likeness (QED) is 0.747. The third-order valence-corrected chi connectivity index (χ3v) is 2.00. The molecule has 1 heterocycles. The Balaban J connectivity index is 2.95. The van der Waals surface area contributed by atoms with E-state index >= 15 is 0 Å². The summed E-state index contributed by atoms with van der Waals surface area (Å²) in [5.74, 6) is -1.21. The van der Waals surface area contributed by atoms with Crippen LogP contribution in [-0.4, -0.2) is 27.6 Å². The summed E-state index contributed by atoms with van der Waals surface area (Å²) >= 11 is 5.75. The number of aromatic nitrogens is 2. The molecule has 1 rings (SSSR count).